The molecule has 4 heteroatoms. The van der Waals surface area contributed by atoms with Crippen LogP contribution in [0.15, 0.2) is 24.3 Å². The van der Waals surface area contributed by atoms with E-state index in [1.807, 2.05) is 28.0 Å². The fourth-order valence-corrected chi connectivity index (χ4v) is 4.81. The molecule has 24 heavy (non-hydrogen) atoms. The van der Waals surface area contributed by atoms with Crippen LogP contribution in [-0.2, 0) is 9.59 Å². The highest BCUT2D eigenvalue weighted by atomic mass is 16.2. The topological polar surface area (TPSA) is 40.6 Å². The zero-order valence-electron chi connectivity index (χ0n) is 14.5. The van der Waals surface area contributed by atoms with Gasteiger partial charge >= 0.3 is 0 Å². The maximum Gasteiger partial charge on any atom is 0.227 e. The van der Waals surface area contributed by atoms with Gasteiger partial charge in [0.05, 0.1) is 0 Å². The van der Waals surface area contributed by atoms with Crippen molar-refractivity contribution in [3.63, 3.8) is 0 Å². The lowest BCUT2D eigenvalue weighted by Crippen LogP contribution is -2.36. The number of benzene rings is 1. The molecule has 2 heterocycles. The third-order valence-electron chi connectivity index (χ3n) is 6.18. The van der Waals surface area contributed by atoms with Crippen molar-refractivity contribution in [2.45, 2.75) is 45.4 Å². The van der Waals surface area contributed by atoms with Crippen molar-refractivity contribution in [3.8, 4) is 0 Å². The molecule has 0 radical (unpaired) electrons. The summed E-state index contributed by atoms with van der Waals surface area (Å²) in [6.07, 6.45) is 6.02. The Morgan fingerprint density at radius 1 is 1.17 bits per heavy atom. The van der Waals surface area contributed by atoms with E-state index in [9.17, 15) is 9.59 Å². The molecule has 3 fully saturated rings. The van der Waals surface area contributed by atoms with Crippen LogP contribution in [0.3, 0.4) is 0 Å². The number of anilines is 1. The molecule has 1 aromatic rings. The van der Waals surface area contributed by atoms with E-state index < -0.39 is 0 Å². The number of hydrogen-bond acceptors (Lipinski definition) is 2. The van der Waals surface area contributed by atoms with E-state index in [0.29, 0.717) is 12.3 Å². The van der Waals surface area contributed by atoms with E-state index in [2.05, 4.69) is 13.0 Å². The molecule has 0 aromatic heterocycles. The minimum Gasteiger partial charge on any atom is -0.342 e. The van der Waals surface area contributed by atoms with Crippen LogP contribution in [0.5, 0.6) is 0 Å². The molecule has 2 amide bonds. The first-order valence-corrected chi connectivity index (χ1v) is 9.23. The summed E-state index contributed by atoms with van der Waals surface area (Å²) in [5.74, 6) is 0.787. The smallest absolute Gasteiger partial charge is 0.227 e. The second-order valence-corrected chi connectivity index (χ2v) is 7.93. The number of carbonyl (C=O) groups excluding carboxylic acids is 2. The van der Waals surface area contributed by atoms with Gasteiger partial charge in [0.25, 0.3) is 0 Å². The summed E-state index contributed by atoms with van der Waals surface area (Å²) in [6, 6.07) is 8.08. The van der Waals surface area contributed by atoms with E-state index >= 15 is 0 Å². The largest absolute Gasteiger partial charge is 0.342 e. The van der Waals surface area contributed by atoms with Gasteiger partial charge in [-0.05, 0) is 37.8 Å². The molecule has 1 saturated carbocycles. The first kappa shape index (κ1) is 15.7. The molecule has 1 aliphatic carbocycles. The van der Waals surface area contributed by atoms with Gasteiger partial charge in [-0.15, -0.1) is 0 Å². The van der Waals surface area contributed by atoms with Crippen molar-refractivity contribution < 1.29 is 9.59 Å². The molecule has 4 rings (SSSR count). The van der Waals surface area contributed by atoms with Crippen molar-refractivity contribution in [2.24, 2.45) is 11.3 Å². The van der Waals surface area contributed by atoms with Gasteiger partial charge in [0.1, 0.15) is 0 Å². The zero-order valence-corrected chi connectivity index (χ0v) is 14.5. The van der Waals surface area contributed by atoms with Crippen LogP contribution in [0.25, 0.3) is 0 Å². The molecule has 4 nitrogen and oxygen atoms in total. The Morgan fingerprint density at radius 2 is 1.92 bits per heavy atom. The number of carbonyl (C=O) groups is 2. The Bertz CT molecular complexity index is 665. The number of para-hydroxylation sites is 1. The molecule has 128 valence electrons. The molecular weight excluding hydrogens is 300 g/mol. The third kappa shape index (κ3) is 2.62. The van der Waals surface area contributed by atoms with E-state index in [4.69, 9.17) is 0 Å². The van der Waals surface area contributed by atoms with Crippen LogP contribution in [0, 0.1) is 18.3 Å². The van der Waals surface area contributed by atoms with E-state index in [1.54, 1.807) is 0 Å². The number of rotatable bonds is 2. The maximum absolute atomic E-state index is 12.7. The molecule has 2 aliphatic heterocycles. The van der Waals surface area contributed by atoms with Gasteiger partial charge < -0.3 is 9.80 Å². The Morgan fingerprint density at radius 3 is 2.67 bits per heavy atom. The van der Waals surface area contributed by atoms with Gasteiger partial charge in [-0.1, -0.05) is 31.0 Å². The summed E-state index contributed by atoms with van der Waals surface area (Å²) < 4.78 is 0. The van der Waals surface area contributed by atoms with Crippen LogP contribution in [0.4, 0.5) is 5.69 Å². The molecule has 1 aromatic carbocycles. The fraction of sp³-hybridized carbons (Fsp3) is 0.600. The summed E-state index contributed by atoms with van der Waals surface area (Å²) in [5.41, 5.74) is 2.13. The standard InChI is InChI=1S/C20H26N2O2/c1-15-6-2-5-9-17(15)22-14-20(12-18(22)23)10-11-21(13-20)19(24)16-7-3-4-8-16/h2,5-6,9,16H,3-4,7-8,10-14H2,1H3. The lowest BCUT2D eigenvalue weighted by molar-refractivity contribution is -0.134. The van der Waals surface area contributed by atoms with Gasteiger partial charge in [0.2, 0.25) is 11.8 Å². The highest BCUT2D eigenvalue weighted by Crippen LogP contribution is 2.43. The van der Waals surface area contributed by atoms with Crippen LogP contribution in [0.1, 0.15) is 44.1 Å². The molecule has 1 unspecified atom stereocenters. The van der Waals surface area contributed by atoms with Crippen molar-refractivity contribution in [1.82, 2.24) is 4.90 Å². The van der Waals surface area contributed by atoms with E-state index in [-0.39, 0.29) is 17.2 Å². The minimum absolute atomic E-state index is 0.0341. The molecule has 0 N–H and O–H groups in total. The predicted molar refractivity (Wildman–Crippen MR) is 93.7 cm³/mol. The van der Waals surface area contributed by atoms with Gasteiger partial charge in [-0.25, -0.2) is 0 Å². The first-order valence-electron chi connectivity index (χ1n) is 9.23. The zero-order chi connectivity index (χ0) is 16.7. The molecule has 2 saturated heterocycles. The predicted octanol–water partition coefficient (Wildman–Crippen LogP) is 3.14. The third-order valence-corrected chi connectivity index (χ3v) is 6.18. The van der Waals surface area contributed by atoms with Crippen LogP contribution in [0.2, 0.25) is 0 Å². The van der Waals surface area contributed by atoms with E-state index in [1.165, 1.54) is 12.8 Å². The molecule has 0 bridgehead atoms. The number of amides is 2. The highest BCUT2D eigenvalue weighted by Gasteiger charge is 2.49. The SMILES string of the molecule is Cc1ccccc1N1CC2(CCN(C(=O)C3CCCC3)C2)CC1=O. The normalized spacial score (nSPS) is 27.6. The number of likely N-dealkylation sites (tertiary alicyclic amines) is 1. The summed E-state index contributed by atoms with van der Waals surface area (Å²) in [4.78, 5) is 29.3. The van der Waals surface area contributed by atoms with Gasteiger partial charge in [0.15, 0.2) is 0 Å². The number of aryl methyl sites for hydroxylation is 1. The van der Waals surface area contributed by atoms with Crippen LogP contribution in [-0.4, -0.2) is 36.3 Å². The second kappa shape index (κ2) is 5.91. The summed E-state index contributed by atoms with van der Waals surface area (Å²) in [5, 5.41) is 0. The van der Waals surface area contributed by atoms with Crippen molar-refractivity contribution in [2.75, 3.05) is 24.5 Å². The lowest BCUT2D eigenvalue weighted by atomic mass is 9.86. The van der Waals surface area contributed by atoms with Crippen LogP contribution < -0.4 is 4.90 Å². The minimum atomic E-state index is -0.0341. The van der Waals surface area contributed by atoms with Gasteiger partial charge in [0, 0.05) is 43.1 Å². The quantitative estimate of drug-likeness (QED) is 0.838. The molecule has 3 aliphatic rings. The highest BCUT2D eigenvalue weighted by molar-refractivity contribution is 5.97. The van der Waals surface area contributed by atoms with Gasteiger partial charge in [-0.3, -0.25) is 9.59 Å². The fourth-order valence-electron chi connectivity index (χ4n) is 4.81. The second-order valence-electron chi connectivity index (χ2n) is 7.93. The average molecular weight is 326 g/mol. The summed E-state index contributed by atoms with van der Waals surface area (Å²) in [6.45, 7) is 4.39. The van der Waals surface area contributed by atoms with Crippen molar-refractivity contribution >= 4 is 17.5 Å². The monoisotopic (exact) mass is 326 g/mol. The Balaban J connectivity index is 1.48. The van der Waals surface area contributed by atoms with Crippen molar-refractivity contribution in [3.05, 3.63) is 29.8 Å². The molecular formula is C20H26N2O2. The van der Waals surface area contributed by atoms with Crippen LogP contribution >= 0.6 is 0 Å². The first-order chi connectivity index (χ1) is 11.6. The Kier molecular flexibility index (Phi) is 3.86. The maximum atomic E-state index is 12.7. The molecule has 1 spiro atoms. The summed E-state index contributed by atoms with van der Waals surface area (Å²) >= 11 is 0. The average Bonchev–Trinajstić information content (AvgIpc) is 3.29. The summed E-state index contributed by atoms with van der Waals surface area (Å²) in [7, 11) is 0. The van der Waals surface area contributed by atoms with E-state index in [0.717, 1.165) is 50.1 Å². The lowest BCUT2D eigenvalue weighted by Gasteiger charge is -2.26. The molecule has 1 atom stereocenters. The Hall–Kier alpha value is -1.84. The van der Waals surface area contributed by atoms with Gasteiger partial charge in [-0.2, -0.15) is 0 Å². The number of nitrogens with zero attached hydrogens (tertiary/aromatic N) is 2. The van der Waals surface area contributed by atoms with Crippen molar-refractivity contribution in [1.29, 1.82) is 0 Å². The Labute approximate surface area is 143 Å². The number of hydrogen-bond donors (Lipinski definition) is 0.